The highest BCUT2D eigenvalue weighted by molar-refractivity contribution is 5.81. The molecule has 3 rings (SSSR count). The van der Waals surface area contributed by atoms with Crippen LogP contribution in [0.25, 0.3) is 0 Å². The van der Waals surface area contributed by atoms with Crippen molar-refractivity contribution in [1.29, 1.82) is 0 Å². The van der Waals surface area contributed by atoms with E-state index in [4.69, 9.17) is 4.74 Å². The van der Waals surface area contributed by atoms with Gasteiger partial charge in [-0.2, -0.15) is 0 Å². The van der Waals surface area contributed by atoms with Gasteiger partial charge in [-0.1, -0.05) is 0 Å². The van der Waals surface area contributed by atoms with Gasteiger partial charge in [0.15, 0.2) is 0 Å². The molecule has 0 radical (unpaired) electrons. The summed E-state index contributed by atoms with van der Waals surface area (Å²) in [6.07, 6.45) is 1.26. The van der Waals surface area contributed by atoms with Crippen LogP contribution in [0.2, 0.25) is 0 Å². The maximum atomic E-state index is 12.4. The first kappa shape index (κ1) is 12.4. The fourth-order valence-corrected chi connectivity index (χ4v) is 3.40. The van der Waals surface area contributed by atoms with E-state index >= 15 is 0 Å². The molecule has 0 aromatic heterocycles. The molecule has 3 saturated heterocycles. The summed E-state index contributed by atoms with van der Waals surface area (Å²) in [6.45, 7) is 8.19. The van der Waals surface area contributed by atoms with Crippen molar-refractivity contribution in [1.82, 2.24) is 15.1 Å². The molecule has 102 valence electrons. The van der Waals surface area contributed by atoms with Gasteiger partial charge < -0.3 is 15.0 Å². The Bertz CT molecular complexity index is 305. The van der Waals surface area contributed by atoms with Crippen molar-refractivity contribution in [3.63, 3.8) is 0 Å². The second-order valence-corrected chi connectivity index (χ2v) is 5.68. The fourth-order valence-electron chi connectivity index (χ4n) is 3.40. The van der Waals surface area contributed by atoms with Gasteiger partial charge in [-0.3, -0.25) is 9.69 Å². The summed E-state index contributed by atoms with van der Waals surface area (Å²) >= 11 is 0. The van der Waals surface area contributed by atoms with Gasteiger partial charge in [0.05, 0.1) is 19.3 Å². The molecule has 3 atom stereocenters. The molecule has 3 heterocycles. The predicted molar refractivity (Wildman–Crippen MR) is 68.3 cm³/mol. The number of morpholine rings is 1. The van der Waals surface area contributed by atoms with Crippen LogP contribution >= 0.6 is 0 Å². The minimum atomic E-state index is 0.0236. The summed E-state index contributed by atoms with van der Waals surface area (Å²) in [6, 6.07) is 0.639. The lowest BCUT2D eigenvalue weighted by atomic mass is 10.1. The lowest BCUT2D eigenvalue weighted by Crippen LogP contribution is -2.50. The van der Waals surface area contributed by atoms with Crippen LogP contribution in [0, 0.1) is 5.92 Å². The molecule has 0 aromatic rings. The number of carbonyl (C=O) groups excluding carboxylic acids is 1. The molecule has 0 aliphatic carbocycles. The van der Waals surface area contributed by atoms with Gasteiger partial charge in [0, 0.05) is 32.2 Å². The molecule has 0 spiro atoms. The lowest BCUT2D eigenvalue weighted by molar-refractivity contribution is -0.140. The van der Waals surface area contributed by atoms with E-state index in [2.05, 4.69) is 17.1 Å². The molecule has 1 unspecified atom stereocenters. The quantitative estimate of drug-likeness (QED) is 0.722. The summed E-state index contributed by atoms with van der Waals surface area (Å²) in [5.74, 6) is 1.03. The Morgan fingerprint density at radius 1 is 1.33 bits per heavy atom. The van der Waals surface area contributed by atoms with E-state index in [1.165, 1.54) is 6.42 Å². The molecule has 5 nitrogen and oxygen atoms in total. The highest BCUT2D eigenvalue weighted by Crippen LogP contribution is 2.26. The molecule has 1 N–H and O–H groups in total. The van der Waals surface area contributed by atoms with Crippen LogP contribution in [-0.4, -0.2) is 73.7 Å². The number of likely N-dealkylation sites (tertiary alicyclic amines) is 1. The van der Waals surface area contributed by atoms with Gasteiger partial charge in [0.1, 0.15) is 0 Å². The van der Waals surface area contributed by atoms with Crippen LogP contribution in [0.15, 0.2) is 0 Å². The normalized spacial score (nSPS) is 34.6. The third kappa shape index (κ3) is 2.27. The van der Waals surface area contributed by atoms with Crippen LogP contribution in [0.3, 0.4) is 0 Å². The highest BCUT2D eigenvalue weighted by atomic mass is 16.5. The van der Waals surface area contributed by atoms with Crippen molar-refractivity contribution in [2.75, 3.05) is 45.9 Å². The largest absolute Gasteiger partial charge is 0.378 e. The number of fused-ring (bicyclic) bond motifs is 1. The van der Waals surface area contributed by atoms with Crippen molar-refractivity contribution >= 4 is 5.91 Å². The van der Waals surface area contributed by atoms with E-state index in [0.717, 1.165) is 38.6 Å². The second-order valence-electron chi connectivity index (χ2n) is 5.68. The van der Waals surface area contributed by atoms with Crippen LogP contribution in [0.1, 0.15) is 13.3 Å². The van der Waals surface area contributed by atoms with Gasteiger partial charge in [0.25, 0.3) is 0 Å². The number of hydrogen-bond donors (Lipinski definition) is 1. The summed E-state index contributed by atoms with van der Waals surface area (Å²) in [5.41, 5.74) is 0. The number of ether oxygens (including phenoxy) is 1. The first-order valence-electron chi connectivity index (χ1n) is 7.09. The van der Waals surface area contributed by atoms with Crippen molar-refractivity contribution < 1.29 is 9.53 Å². The summed E-state index contributed by atoms with van der Waals surface area (Å²) in [5, 5.41) is 3.54. The topological polar surface area (TPSA) is 44.8 Å². The molecule has 0 aromatic carbocycles. The Morgan fingerprint density at radius 2 is 2.11 bits per heavy atom. The maximum absolute atomic E-state index is 12.4. The Kier molecular flexibility index (Phi) is 3.54. The van der Waals surface area contributed by atoms with Crippen molar-refractivity contribution in [3.8, 4) is 0 Å². The van der Waals surface area contributed by atoms with E-state index in [1.807, 2.05) is 4.90 Å². The maximum Gasteiger partial charge on any atom is 0.239 e. The van der Waals surface area contributed by atoms with E-state index in [-0.39, 0.29) is 11.9 Å². The van der Waals surface area contributed by atoms with Gasteiger partial charge in [-0.05, 0) is 25.8 Å². The third-order valence-electron chi connectivity index (χ3n) is 4.62. The molecule has 0 saturated carbocycles. The number of carbonyl (C=O) groups is 1. The first-order valence-corrected chi connectivity index (χ1v) is 7.09. The van der Waals surface area contributed by atoms with E-state index in [9.17, 15) is 4.79 Å². The number of amides is 1. The number of nitrogens with one attached hydrogen (secondary N) is 1. The van der Waals surface area contributed by atoms with Crippen LogP contribution in [0.5, 0.6) is 0 Å². The summed E-state index contributed by atoms with van der Waals surface area (Å²) < 4.78 is 5.30. The van der Waals surface area contributed by atoms with Crippen LogP contribution < -0.4 is 5.32 Å². The van der Waals surface area contributed by atoms with Crippen molar-refractivity contribution in [2.24, 2.45) is 5.92 Å². The van der Waals surface area contributed by atoms with E-state index in [1.54, 1.807) is 0 Å². The second kappa shape index (κ2) is 5.15. The SMILES string of the molecule is CC(C(=O)N1CCOCC1)N1C[C@@H]2CCN[C@@H]2C1. The van der Waals surface area contributed by atoms with Crippen LogP contribution in [0.4, 0.5) is 0 Å². The molecule has 1 amide bonds. The van der Waals surface area contributed by atoms with E-state index in [0.29, 0.717) is 19.3 Å². The minimum Gasteiger partial charge on any atom is -0.378 e. The summed E-state index contributed by atoms with van der Waals surface area (Å²) in [4.78, 5) is 16.7. The molecule has 0 bridgehead atoms. The van der Waals surface area contributed by atoms with Gasteiger partial charge in [0.2, 0.25) is 5.91 Å². The van der Waals surface area contributed by atoms with Gasteiger partial charge >= 0.3 is 0 Å². The standard InChI is InChI=1S/C13H23N3O2/c1-10(13(17)15-4-6-18-7-5-15)16-8-11-2-3-14-12(11)9-16/h10-12,14H,2-9H2,1H3/t10?,11-,12+/m0/s1. The first-order chi connectivity index (χ1) is 8.75. The Balaban J connectivity index is 1.57. The zero-order chi connectivity index (χ0) is 12.5. The zero-order valence-electron chi connectivity index (χ0n) is 11.1. The number of hydrogen-bond acceptors (Lipinski definition) is 4. The third-order valence-corrected chi connectivity index (χ3v) is 4.62. The fraction of sp³-hybridized carbons (Fsp3) is 0.923. The number of nitrogens with zero attached hydrogens (tertiary/aromatic N) is 2. The Hall–Kier alpha value is -0.650. The van der Waals surface area contributed by atoms with E-state index < -0.39 is 0 Å². The highest BCUT2D eigenvalue weighted by Gasteiger charge is 2.40. The van der Waals surface area contributed by atoms with Gasteiger partial charge in [-0.15, -0.1) is 0 Å². The molecule has 18 heavy (non-hydrogen) atoms. The zero-order valence-corrected chi connectivity index (χ0v) is 11.1. The average molecular weight is 253 g/mol. The monoisotopic (exact) mass is 253 g/mol. The smallest absolute Gasteiger partial charge is 0.239 e. The minimum absolute atomic E-state index is 0.0236. The Morgan fingerprint density at radius 3 is 2.83 bits per heavy atom. The van der Waals surface area contributed by atoms with Crippen molar-refractivity contribution in [2.45, 2.75) is 25.4 Å². The molecule has 3 fully saturated rings. The molecule has 3 aliphatic heterocycles. The molecule has 5 heteroatoms. The average Bonchev–Trinajstić information content (AvgIpc) is 2.99. The summed E-state index contributed by atoms with van der Waals surface area (Å²) in [7, 11) is 0. The number of rotatable bonds is 2. The predicted octanol–water partition coefficient (Wildman–Crippen LogP) is -0.473. The lowest BCUT2D eigenvalue weighted by Gasteiger charge is -2.32. The van der Waals surface area contributed by atoms with Crippen molar-refractivity contribution in [3.05, 3.63) is 0 Å². The van der Waals surface area contributed by atoms with Crippen LogP contribution in [-0.2, 0) is 9.53 Å². The molecular weight excluding hydrogens is 230 g/mol. The molecule has 3 aliphatic rings. The Labute approximate surface area is 108 Å². The van der Waals surface area contributed by atoms with Gasteiger partial charge in [-0.25, -0.2) is 0 Å². The molecular formula is C13H23N3O2.